The predicted molar refractivity (Wildman–Crippen MR) is 78.8 cm³/mol. The van der Waals surface area contributed by atoms with Crippen molar-refractivity contribution in [2.75, 3.05) is 0 Å². The second-order valence-corrected chi connectivity index (χ2v) is 6.04. The van der Waals surface area contributed by atoms with Crippen LogP contribution in [0.3, 0.4) is 0 Å². The van der Waals surface area contributed by atoms with E-state index < -0.39 is 12.1 Å². The standard InChI is InChI=1S/C15H21NO3S/c1-11(19-15(18)12-8-9-20-10-12)14(17)16-13-6-4-2-3-5-7-13/h8-11,13H,2-7H2,1H3,(H,16,17)/t11-/m1/s1. The average molecular weight is 295 g/mol. The van der Waals surface area contributed by atoms with Crippen molar-refractivity contribution in [1.82, 2.24) is 5.32 Å². The van der Waals surface area contributed by atoms with Gasteiger partial charge in [-0.3, -0.25) is 4.79 Å². The van der Waals surface area contributed by atoms with Crippen molar-refractivity contribution in [2.24, 2.45) is 0 Å². The molecule has 0 unspecified atom stereocenters. The van der Waals surface area contributed by atoms with Crippen molar-refractivity contribution >= 4 is 23.2 Å². The van der Waals surface area contributed by atoms with Gasteiger partial charge >= 0.3 is 5.97 Å². The van der Waals surface area contributed by atoms with Gasteiger partial charge in [-0.05, 0) is 31.2 Å². The zero-order valence-electron chi connectivity index (χ0n) is 11.8. The van der Waals surface area contributed by atoms with Gasteiger partial charge < -0.3 is 10.1 Å². The van der Waals surface area contributed by atoms with Crippen LogP contribution >= 0.6 is 11.3 Å². The van der Waals surface area contributed by atoms with E-state index >= 15 is 0 Å². The Labute approximate surface area is 123 Å². The summed E-state index contributed by atoms with van der Waals surface area (Å²) in [5, 5.41) is 6.53. The van der Waals surface area contributed by atoms with Crippen LogP contribution in [0.4, 0.5) is 0 Å². The first-order chi connectivity index (χ1) is 9.66. The smallest absolute Gasteiger partial charge is 0.339 e. The van der Waals surface area contributed by atoms with Gasteiger partial charge in [0, 0.05) is 11.4 Å². The molecule has 1 atom stereocenters. The lowest BCUT2D eigenvalue weighted by molar-refractivity contribution is -0.129. The van der Waals surface area contributed by atoms with E-state index in [1.807, 2.05) is 5.38 Å². The molecule has 1 aliphatic carbocycles. The lowest BCUT2D eigenvalue weighted by Gasteiger charge is -2.19. The number of carbonyl (C=O) groups excluding carboxylic acids is 2. The Kier molecular flexibility index (Phi) is 5.59. The number of hydrogen-bond acceptors (Lipinski definition) is 4. The van der Waals surface area contributed by atoms with Crippen LogP contribution in [-0.2, 0) is 9.53 Å². The van der Waals surface area contributed by atoms with E-state index in [1.165, 1.54) is 24.2 Å². The van der Waals surface area contributed by atoms with Crippen LogP contribution in [-0.4, -0.2) is 24.0 Å². The van der Waals surface area contributed by atoms with Crippen molar-refractivity contribution in [3.8, 4) is 0 Å². The van der Waals surface area contributed by atoms with Gasteiger partial charge in [-0.25, -0.2) is 4.79 Å². The molecule has 1 aromatic rings. The first-order valence-corrected chi connectivity index (χ1v) is 8.14. The zero-order chi connectivity index (χ0) is 14.4. The largest absolute Gasteiger partial charge is 0.449 e. The van der Waals surface area contributed by atoms with Gasteiger partial charge in [-0.15, -0.1) is 0 Å². The lowest BCUT2D eigenvalue weighted by Crippen LogP contribution is -2.41. The summed E-state index contributed by atoms with van der Waals surface area (Å²) in [7, 11) is 0. The van der Waals surface area contributed by atoms with E-state index in [-0.39, 0.29) is 11.9 Å². The first-order valence-electron chi connectivity index (χ1n) is 7.20. The Balaban J connectivity index is 1.80. The Morgan fingerprint density at radius 1 is 1.30 bits per heavy atom. The highest BCUT2D eigenvalue weighted by Gasteiger charge is 2.22. The summed E-state index contributed by atoms with van der Waals surface area (Å²) in [6, 6.07) is 1.93. The molecule has 1 fully saturated rings. The fourth-order valence-electron chi connectivity index (χ4n) is 2.40. The molecule has 1 amide bonds. The summed E-state index contributed by atoms with van der Waals surface area (Å²) >= 11 is 1.43. The predicted octanol–water partition coefficient (Wildman–Crippen LogP) is 3.13. The summed E-state index contributed by atoms with van der Waals surface area (Å²) in [5.41, 5.74) is 0.504. The summed E-state index contributed by atoms with van der Waals surface area (Å²) < 4.78 is 5.19. The molecule has 2 rings (SSSR count). The topological polar surface area (TPSA) is 55.4 Å². The number of nitrogens with one attached hydrogen (secondary N) is 1. The molecular weight excluding hydrogens is 274 g/mol. The summed E-state index contributed by atoms with van der Waals surface area (Å²) in [6.45, 7) is 1.62. The zero-order valence-corrected chi connectivity index (χ0v) is 12.6. The molecule has 0 spiro atoms. The summed E-state index contributed by atoms with van der Waals surface area (Å²) in [4.78, 5) is 23.8. The maximum atomic E-state index is 12.0. The van der Waals surface area contributed by atoms with E-state index in [9.17, 15) is 9.59 Å². The van der Waals surface area contributed by atoms with Gasteiger partial charge in [0.1, 0.15) is 0 Å². The van der Waals surface area contributed by atoms with Gasteiger partial charge in [0.2, 0.25) is 0 Å². The van der Waals surface area contributed by atoms with Crippen LogP contribution in [0.2, 0.25) is 0 Å². The lowest BCUT2D eigenvalue weighted by atomic mass is 10.1. The second-order valence-electron chi connectivity index (χ2n) is 5.26. The maximum Gasteiger partial charge on any atom is 0.339 e. The fraction of sp³-hybridized carbons (Fsp3) is 0.600. The van der Waals surface area contributed by atoms with Crippen LogP contribution in [0.1, 0.15) is 55.8 Å². The number of ether oxygens (including phenoxy) is 1. The second kappa shape index (κ2) is 7.43. The molecular formula is C15H21NO3S. The van der Waals surface area contributed by atoms with Gasteiger partial charge in [-0.1, -0.05) is 25.7 Å². The molecule has 1 aliphatic rings. The normalized spacial score (nSPS) is 18.1. The van der Waals surface area contributed by atoms with Crippen molar-refractivity contribution in [2.45, 2.75) is 57.6 Å². The third-order valence-corrected chi connectivity index (χ3v) is 4.29. The van der Waals surface area contributed by atoms with Crippen LogP contribution < -0.4 is 5.32 Å². The maximum absolute atomic E-state index is 12.0. The highest BCUT2D eigenvalue weighted by molar-refractivity contribution is 7.08. The number of esters is 1. The number of amides is 1. The molecule has 0 bridgehead atoms. The Hall–Kier alpha value is -1.36. The minimum absolute atomic E-state index is 0.194. The minimum Gasteiger partial charge on any atom is -0.449 e. The van der Waals surface area contributed by atoms with Crippen molar-refractivity contribution in [3.63, 3.8) is 0 Å². The Morgan fingerprint density at radius 2 is 2.00 bits per heavy atom. The third-order valence-electron chi connectivity index (χ3n) is 3.61. The summed E-state index contributed by atoms with van der Waals surface area (Å²) in [5.74, 6) is -0.629. The number of carbonyl (C=O) groups is 2. The SMILES string of the molecule is C[C@@H](OC(=O)c1ccsc1)C(=O)NC1CCCCCC1. The van der Waals surface area contributed by atoms with E-state index in [4.69, 9.17) is 4.74 Å². The molecule has 1 aromatic heterocycles. The first kappa shape index (κ1) is 15.0. The molecule has 4 nitrogen and oxygen atoms in total. The molecule has 1 heterocycles. The van der Waals surface area contributed by atoms with Crippen molar-refractivity contribution in [3.05, 3.63) is 22.4 Å². The molecule has 1 saturated carbocycles. The van der Waals surface area contributed by atoms with Gasteiger partial charge in [0.15, 0.2) is 6.10 Å². The monoisotopic (exact) mass is 295 g/mol. The van der Waals surface area contributed by atoms with Gasteiger partial charge in [-0.2, -0.15) is 11.3 Å². The van der Waals surface area contributed by atoms with Crippen molar-refractivity contribution < 1.29 is 14.3 Å². The number of hydrogen-bond donors (Lipinski definition) is 1. The molecule has 0 radical (unpaired) electrons. The molecule has 5 heteroatoms. The van der Waals surface area contributed by atoms with Crippen molar-refractivity contribution in [1.29, 1.82) is 0 Å². The molecule has 0 saturated heterocycles. The molecule has 0 aromatic carbocycles. The van der Waals surface area contributed by atoms with Crippen LogP contribution in [0.5, 0.6) is 0 Å². The molecule has 1 N–H and O–H groups in total. The number of rotatable bonds is 4. The third kappa shape index (κ3) is 4.34. The average Bonchev–Trinajstić information content (AvgIpc) is 2.85. The van der Waals surface area contributed by atoms with Crippen LogP contribution in [0, 0.1) is 0 Å². The number of thiophene rings is 1. The van der Waals surface area contributed by atoms with E-state index in [0.717, 1.165) is 25.7 Å². The Morgan fingerprint density at radius 3 is 2.60 bits per heavy atom. The highest BCUT2D eigenvalue weighted by Crippen LogP contribution is 2.17. The summed E-state index contributed by atoms with van der Waals surface area (Å²) in [6.07, 6.45) is 6.12. The van der Waals surface area contributed by atoms with Crippen LogP contribution in [0.15, 0.2) is 16.8 Å². The fourth-order valence-corrected chi connectivity index (χ4v) is 3.03. The highest BCUT2D eigenvalue weighted by atomic mass is 32.1. The van der Waals surface area contributed by atoms with E-state index in [0.29, 0.717) is 5.56 Å². The van der Waals surface area contributed by atoms with Gasteiger partial charge in [0.25, 0.3) is 5.91 Å². The van der Waals surface area contributed by atoms with E-state index in [1.54, 1.807) is 18.4 Å². The van der Waals surface area contributed by atoms with E-state index in [2.05, 4.69) is 5.32 Å². The molecule has 20 heavy (non-hydrogen) atoms. The van der Waals surface area contributed by atoms with Crippen LogP contribution in [0.25, 0.3) is 0 Å². The minimum atomic E-state index is -0.745. The Bertz CT molecular complexity index is 436. The quantitative estimate of drug-likeness (QED) is 0.686. The molecule has 110 valence electrons. The van der Waals surface area contributed by atoms with Gasteiger partial charge in [0.05, 0.1) is 5.56 Å². The molecule has 0 aliphatic heterocycles.